The first-order valence-corrected chi connectivity index (χ1v) is 5.63. The lowest BCUT2D eigenvalue weighted by Crippen LogP contribution is -1.95. The van der Waals surface area contributed by atoms with Gasteiger partial charge in [-0.05, 0) is 30.4 Å². The van der Waals surface area contributed by atoms with Gasteiger partial charge in [0, 0.05) is 12.8 Å². The van der Waals surface area contributed by atoms with Crippen LogP contribution in [0.2, 0.25) is 0 Å². The highest BCUT2D eigenvalue weighted by atomic mass is 14.7. The lowest BCUT2D eigenvalue weighted by molar-refractivity contribution is 0.667. The summed E-state index contributed by atoms with van der Waals surface area (Å²) in [4.78, 5) is 4.42. The van der Waals surface area contributed by atoms with Crippen molar-refractivity contribution in [2.45, 2.75) is 34.1 Å². The van der Waals surface area contributed by atoms with E-state index in [1.165, 1.54) is 11.1 Å². The predicted molar refractivity (Wildman–Crippen MR) is 70.5 cm³/mol. The second kappa shape index (κ2) is 8.22. The molecule has 0 aromatic carbocycles. The highest BCUT2D eigenvalue weighted by Gasteiger charge is 1.98. The minimum absolute atomic E-state index is 0.613. The van der Waals surface area contributed by atoms with E-state index in [1.807, 2.05) is 18.4 Å². The fourth-order valence-electron chi connectivity index (χ4n) is 1.30. The van der Waals surface area contributed by atoms with Crippen molar-refractivity contribution >= 4 is 6.21 Å². The number of hydrogen-bond acceptors (Lipinski definition) is 1. The molecule has 0 saturated carbocycles. The summed E-state index contributed by atoms with van der Waals surface area (Å²) in [6.45, 7) is 13.2. The Bertz CT molecular complexity index is 267. The molecule has 0 spiro atoms. The molecule has 0 aliphatic carbocycles. The van der Waals surface area contributed by atoms with Gasteiger partial charge < -0.3 is 0 Å². The van der Waals surface area contributed by atoms with E-state index in [9.17, 15) is 0 Å². The molecule has 0 aromatic heterocycles. The van der Waals surface area contributed by atoms with Crippen LogP contribution in [0.1, 0.15) is 34.1 Å². The molecular weight excluding hydrogens is 182 g/mol. The van der Waals surface area contributed by atoms with Crippen molar-refractivity contribution in [2.75, 3.05) is 6.54 Å². The summed E-state index contributed by atoms with van der Waals surface area (Å²) in [5, 5.41) is 0. The normalized spacial score (nSPS) is 13.9. The molecule has 0 unspecified atom stereocenters. The Morgan fingerprint density at radius 1 is 1.40 bits per heavy atom. The maximum atomic E-state index is 4.42. The van der Waals surface area contributed by atoms with Crippen LogP contribution >= 0.6 is 0 Å². The van der Waals surface area contributed by atoms with E-state index < -0.39 is 0 Å². The monoisotopic (exact) mass is 205 g/mol. The zero-order valence-electron chi connectivity index (χ0n) is 10.5. The van der Waals surface area contributed by atoms with Crippen molar-refractivity contribution in [3.63, 3.8) is 0 Å². The van der Waals surface area contributed by atoms with Crippen molar-refractivity contribution in [3.8, 4) is 0 Å². The number of hydrogen-bond donors (Lipinski definition) is 0. The van der Waals surface area contributed by atoms with Gasteiger partial charge >= 0.3 is 0 Å². The van der Waals surface area contributed by atoms with Crippen LogP contribution < -0.4 is 0 Å². The summed E-state index contributed by atoms with van der Waals surface area (Å²) in [7, 11) is 0. The molecule has 0 rings (SSSR count). The van der Waals surface area contributed by atoms with Gasteiger partial charge in [0.1, 0.15) is 0 Å². The van der Waals surface area contributed by atoms with Crippen LogP contribution in [0.25, 0.3) is 0 Å². The van der Waals surface area contributed by atoms with Crippen LogP contribution in [0, 0.1) is 5.92 Å². The van der Waals surface area contributed by atoms with Crippen molar-refractivity contribution < 1.29 is 0 Å². The highest BCUT2D eigenvalue weighted by Crippen LogP contribution is 2.12. The summed E-state index contributed by atoms with van der Waals surface area (Å²) in [5.74, 6) is 0.613. The van der Waals surface area contributed by atoms with Gasteiger partial charge in [0.25, 0.3) is 0 Å². The molecular formula is C14H23N. The zero-order chi connectivity index (χ0) is 11.7. The third-order valence-electron chi connectivity index (χ3n) is 2.10. The first-order valence-electron chi connectivity index (χ1n) is 5.63. The molecule has 1 heteroatoms. The second-order valence-corrected chi connectivity index (χ2v) is 3.91. The third-order valence-corrected chi connectivity index (χ3v) is 2.10. The molecule has 0 radical (unpaired) electrons. The number of allylic oxidation sites excluding steroid dienone is 5. The molecule has 0 aromatic rings. The standard InChI is InChI=1S/C14H23N/c1-6-9-14(13(7-2)8-3)11-15-10-12(4)5/h6-7,9,11-12H,1,8,10H2,2-5H3/b13-7-,14-9-,15-11?. The maximum absolute atomic E-state index is 4.42. The second-order valence-electron chi connectivity index (χ2n) is 3.91. The first kappa shape index (κ1) is 13.9. The molecule has 0 N–H and O–H groups in total. The van der Waals surface area contributed by atoms with E-state index in [4.69, 9.17) is 0 Å². The Labute approximate surface area is 94.3 Å². The Balaban J connectivity index is 4.62. The van der Waals surface area contributed by atoms with E-state index in [1.54, 1.807) is 0 Å². The topological polar surface area (TPSA) is 12.4 Å². The fourth-order valence-corrected chi connectivity index (χ4v) is 1.30. The average molecular weight is 205 g/mol. The molecule has 0 amide bonds. The molecule has 15 heavy (non-hydrogen) atoms. The number of rotatable bonds is 6. The molecule has 0 aliphatic heterocycles. The molecule has 0 bridgehead atoms. The molecule has 0 fully saturated rings. The van der Waals surface area contributed by atoms with E-state index in [0.29, 0.717) is 5.92 Å². The van der Waals surface area contributed by atoms with Crippen molar-refractivity contribution in [2.24, 2.45) is 10.9 Å². The van der Waals surface area contributed by atoms with Crippen LogP contribution in [0.4, 0.5) is 0 Å². The first-order chi connectivity index (χ1) is 7.15. The minimum Gasteiger partial charge on any atom is -0.292 e. The zero-order valence-corrected chi connectivity index (χ0v) is 10.5. The van der Waals surface area contributed by atoms with Gasteiger partial charge in [0.15, 0.2) is 0 Å². The summed E-state index contributed by atoms with van der Waals surface area (Å²) in [6, 6.07) is 0. The van der Waals surface area contributed by atoms with Gasteiger partial charge in [0.05, 0.1) is 0 Å². The third kappa shape index (κ3) is 6.05. The molecule has 0 heterocycles. The molecule has 0 atom stereocenters. The Morgan fingerprint density at radius 3 is 2.47 bits per heavy atom. The van der Waals surface area contributed by atoms with Gasteiger partial charge in [0.2, 0.25) is 0 Å². The SMILES string of the molecule is C=C/C=C(C=NCC(C)C)\C(=C/C)CC. The maximum Gasteiger partial charge on any atom is 0.0412 e. The largest absolute Gasteiger partial charge is 0.292 e. The lowest BCUT2D eigenvalue weighted by Gasteiger charge is -2.04. The number of nitrogens with zero attached hydrogens (tertiary/aromatic N) is 1. The smallest absolute Gasteiger partial charge is 0.0412 e. The van der Waals surface area contributed by atoms with Gasteiger partial charge in [-0.1, -0.05) is 45.6 Å². The molecule has 1 nitrogen and oxygen atoms in total. The van der Waals surface area contributed by atoms with Gasteiger partial charge in [-0.3, -0.25) is 4.99 Å². The van der Waals surface area contributed by atoms with E-state index in [0.717, 1.165) is 13.0 Å². The fraction of sp³-hybridized carbons (Fsp3) is 0.500. The van der Waals surface area contributed by atoms with Gasteiger partial charge in [-0.25, -0.2) is 0 Å². The molecule has 84 valence electrons. The quantitative estimate of drug-likeness (QED) is 0.455. The molecule has 0 saturated heterocycles. The van der Waals surface area contributed by atoms with Crippen LogP contribution in [-0.2, 0) is 0 Å². The van der Waals surface area contributed by atoms with Crippen molar-refractivity contribution in [1.29, 1.82) is 0 Å². The lowest BCUT2D eigenvalue weighted by atomic mass is 10.0. The molecule has 0 aliphatic rings. The minimum atomic E-state index is 0.613. The van der Waals surface area contributed by atoms with Crippen LogP contribution in [0.3, 0.4) is 0 Å². The highest BCUT2D eigenvalue weighted by molar-refractivity contribution is 5.85. The van der Waals surface area contributed by atoms with Crippen LogP contribution in [0.15, 0.2) is 40.9 Å². The Morgan fingerprint density at radius 2 is 2.07 bits per heavy atom. The average Bonchev–Trinajstić information content (AvgIpc) is 2.19. The van der Waals surface area contributed by atoms with Gasteiger partial charge in [-0.2, -0.15) is 0 Å². The predicted octanol–water partition coefficient (Wildman–Crippen LogP) is 4.18. The summed E-state index contributed by atoms with van der Waals surface area (Å²) >= 11 is 0. The van der Waals surface area contributed by atoms with Gasteiger partial charge in [-0.15, -0.1) is 0 Å². The Hall–Kier alpha value is -1.11. The van der Waals surface area contributed by atoms with Crippen LogP contribution in [0.5, 0.6) is 0 Å². The summed E-state index contributed by atoms with van der Waals surface area (Å²) in [6.07, 6.45) is 8.96. The Kier molecular flexibility index (Phi) is 7.61. The van der Waals surface area contributed by atoms with E-state index in [2.05, 4.69) is 45.3 Å². The van der Waals surface area contributed by atoms with E-state index in [-0.39, 0.29) is 0 Å². The van der Waals surface area contributed by atoms with E-state index >= 15 is 0 Å². The van der Waals surface area contributed by atoms with Crippen LogP contribution in [-0.4, -0.2) is 12.8 Å². The van der Waals surface area contributed by atoms with Crippen molar-refractivity contribution in [3.05, 3.63) is 36.0 Å². The summed E-state index contributed by atoms with van der Waals surface area (Å²) in [5.41, 5.74) is 2.50. The summed E-state index contributed by atoms with van der Waals surface area (Å²) < 4.78 is 0. The van der Waals surface area contributed by atoms with Crippen molar-refractivity contribution in [1.82, 2.24) is 0 Å². The number of aliphatic imine (C=N–C) groups is 1.